The Morgan fingerprint density at radius 2 is 2.04 bits per heavy atom. The molecule has 0 radical (unpaired) electrons. The van der Waals surface area contributed by atoms with Gasteiger partial charge in [0.1, 0.15) is 0 Å². The Hall–Kier alpha value is -1.20. The van der Waals surface area contributed by atoms with Gasteiger partial charge >= 0.3 is 0 Å². The second kappa shape index (κ2) is 7.58. The van der Waals surface area contributed by atoms with E-state index in [1.165, 1.54) is 21.6 Å². The molecule has 3 rings (SSSR count). The number of nitrogens with zero attached hydrogens (tertiary/aromatic N) is 1. The average Bonchev–Trinajstić information content (AvgIpc) is 2.98. The highest BCUT2D eigenvalue weighted by Gasteiger charge is 2.19. The molecule has 0 fully saturated rings. The number of hydrogen-bond acceptors (Lipinski definition) is 4. The molecule has 0 amide bonds. The van der Waals surface area contributed by atoms with Crippen molar-refractivity contribution in [2.75, 3.05) is 19.6 Å². The molecule has 0 saturated heterocycles. The number of β-amino-alcohol motifs (C(OH)–C–C–N with tert-alkyl or cyclic N) is 1. The zero-order chi connectivity index (χ0) is 16.2. The highest BCUT2D eigenvalue weighted by atomic mass is 32.1. The number of rotatable bonds is 6. The molecule has 1 aromatic heterocycles. The van der Waals surface area contributed by atoms with Crippen LogP contribution >= 0.6 is 11.3 Å². The van der Waals surface area contributed by atoms with E-state index in [1.807, 2.05) is 0 Å². The third-order valence-corrected chi connectivity index (χ3v) is 5.83. The predicted octanol–water partition coefficient (Wildman–Crippen LogP) is 3.13. The average molecular weight is 330 g/mol. The second-order valence-corrected chi connectivity index (χ2v) is 7.45. The largest absolute Gasteiger partial charge is 0.390 e. The smallest absolute Gasteiger partial charge is 0.0791 e. The van der Waals surface area contributed by atoms with E-state index in [-0.39, 0.29) is 6.10 Å². The molecule has 4 heteroatoms. The number of aryl methyl sites for hydroxylation is 1. The second-order valence-electron chi connectivity index (χ2n) is 6.51. The summed E-state index contributed by atoms with van der Waals surface area (Å²) >= 11 is 1.78. The van der Waals surface area contributed by atoms with Gasteiger partial charge in [0.15, 0.2) is 0 Å². The minimum atomic E-state index is -0.331. The lowest BCUT2D eigenvalue weighted by molar-refractivity contribution is 0.102. The fourth-order valence-corrected chi connectivity index (χ4v) is 4.27. The third kappa shape index (κ3) is 4.21. The van der Waals surface area contributed by atoms with E-state index in [2.05, 4.69) is 59.8 Å². The maximum Gasteiger partial charge on any atom is 0.0791 e. The summed E-state index contributed by atoms with van der Waals surface area (Å²) in [5.74, 6) is 0. The molecule has 23 heavy (non-hydrogen) atoms. The molecule has 0 spiro atoms. The van der Waals surface area contributed by atoms with Crippen LogP contribution in [0.1, 0.15) is 34.5 Å². The van der Waals surface area contributed by atoms with Crippen molar-refractivity contribution in [3.8, 4) is 0 Å². The molecule has 1 aromatic carbocycles. The first-order valence-electron chi connectivity index (χ1n) is 8.38. The van der Waals surface area contributed by atoms with E-state index in [0.29, 0.717) is 12.6 Å². The summed E-state index contributed by atoms with van der Waals surface area (Å²) in [6, 6.07) is 11.1. The molecular formula is C19H26N2OS. The van der Waals surface area contributed by atoms with Gasteiger partial charge < -0.3 is 10.4 Å². The van der Waals surface area contributed by atoms with Crippen LogP contribution in [0.2, 0.25) is 0 Å². The Morgan fingerprint density at radius 1 is 1.26 bits per heavy atom. The molecule has 0 saturated carbocycles. The number of hydrogen-bond donors (Lipinski definition) is 2. The zero-order valence-corrected chi connectivity index (χ0v) is 14.8. The van der Waals surface area contributed by atoms with Crippen LogP contribution in [-0.2, 0) is 13.0 Å². The topological polar surface area (TPSA) is 35.5 Å². The molecule has 124 valence electrons. The first-order chi connectivity index (χ1) is 11.1. The molecule has 0 aliphatic carbocycles. The van der Waals surface area contributed by atoms with Crippen molar-refractivity contribution in [2.24, 2.45) is 0 Å². The van der Waals surface area contributed by atoms with Crippen LogP contribution in [0, 0.1) is 6.92 Å². The Bertz CT molecular complexity index is 640. The molecule has 2 unspecified atom stereocenters. The van der Waals surface area contributed by atoms with E-state index in [1.54, 1.807) is 11.3 Å². The lowest BCUT2D eigenvalue weighted by atomic mass is 10.00. The van der Waals surface area contributed by atoms with Gasteiger partial charge in [0.25, 0.3) is 0 Å². The molecule has 2 N–H and O–H groups in total. The molecule has 2 aromatic rings. The van der Waals surface area contributed by atoms with Gasteiger partial charge in [0.2, 0.25) is 0 Å². The van der Waals surface area contributed by atoms with E-state index in [0.717, 1.165) is 26.1 Å². The Morgan fingerprint density at radius 3 is 2.78 bits per heavy atom. The summed E-state index contributed by atoms with van der Waals surface area (Å²) in [5, 5.41) is 16.0. The minimum Gasteiger partial charge on any atom is -0.390 e. The summed E-state index contributed by atoms with van der Waals surface area (Å²) in [5.41, 5.74) is 4.19. The van der Waals surface area contributed by atoms with Gasteiger partial charge in [-0.25, -0.2) is 0 Å². The van der Waals surface area contributed by atoms with Gasteiger partial charge in [-0.1, -0.05) is 24.3 Å². The Kier molecular flexibility index (Phi) is 5.49. The first kappa shape index (κ1) is 16.7. The summed E-state index contributed by atoms with van der Waals surface area (Å²) in [6.45, 7) is 7.67. The molecule has 2 atom stereocenters. The quantitative estimate of drug-likeness (QED) is 0.854. The van der Waals surface area contributed by atoms with E-state index >= 15 is 0 Å². The van der Waals surface area contributed by atoms with Crippen molar-refractivity contribution in [3.63, 3.8) is 0 Å². The summed E-state index contributed by atoms with van der Waals surface area (Å²) in [4.78, 5) is 3.72. The van der Waals surface area contributed by atoms with Crippen molar-refractivity contribution in [1.82, 2.24) is 10.2 Å². The lowest BCUT2D eigenvalue weighted by Gasteiger charge is -2.30. The van der Waals surface area contributed by atoms with E-state index < -0.39 is 0 Å². The predicted molar refractivity (Wildman–Crippen MR) is 96.9 cm³/mol. The van der Waals surface area contributed by atoms with Gasteiger partial charge in [-0.3, -0.25) is 4.90 Å². The number of fused-ring (bicyclic) bond motifs is 1. The van der Waals surface area contributed by atoms with Crippen LogP contribution in [0.4, 0.5) is 0 Å². The zero-order valence-electron chi connectivity index (χ0n) is 14.0. The van der Waals surface area contributed by atoms with Crippen LogP contribution < -0.4 is 5.32 Å². The van der Waals surface area contributed by atoms with Crippen LogP contribution in [-0.4, -0.2) is 35.7 Å². The number of aliphatic hydroxyl groups is 1. The van der Waals surface area contributed by atoms with Gasteiger partial charge in [-0.15, -0.1) is 11.3 Å². The maximum absolute atomic E-state index is 10.4. The number of thiophene rings is 1. The fraction of sp³-hybridized carbons (Fsp3) is 0.474. The van der Waals surface area contributed by atoms with Crippen molar-refractivity contribution in [1.29, 1.82) is 0 Å². The highest BCUT2D eigenvalue weighted by molar-refractivity contribution is 7.10. The number of nitrogens with one attached hydrogen (secondary N) is 1. The normalized spacial score (nSPS) is 17.7. The van der Waals surface area contributed by atoms with Crippen LogP contribution in [0.5, 0.6) is 0 Å². The van der Waals surface area contributed by atoms with Gasteiger partial charge in [-0.05, 0) is 48.4 Å². The summed E-state index contributed by atoms with van der Waals surface area (Å²) in [6.07, 6.45) is 0.754. The Labute approximate surface area is 143 Å². The summed E-state index contributed by atoms with van der Waals surface area (Å²) in [7, 11) is 0. The van der Waals surface area contributed by atoms with Gasteiger partial charge in [-0.2, -0.15) is 0 Å². The summed E-state index contributed by atoms with van der Waals surface area (Å²) < 4.78 is 0. The molecular weight excluding hydrogens is 304 g/mol. The number of benzene rings is 1. The van der Waals surface area contributed by atoms with Crippen molar-refractivity contribution < 1.29 is 5.11 Å². The first-order valence-corrected chi connectivity index (χ1v) is 9.26. The van der Waals surface area contributed by atoms with Gasteiger partial charge in [0, 0.05) is 37.1 Å². The molecule has 3 nitrogen and oxygen atoms in total. The van der Waals surface area contributed by atoms with E-state index in [4.69, 9.17) is 0 Å². The third-order valence-electron chi connectivity index (χ3n) is 4.63. The van der Waals surface area contributed by atoms with Crippen LogP contribution in [0.15, 0.2) is 35.7 Å². The van der Waals surface area contributed by atoms with Crippen LogP contribution in [0.25, 0.3) is 0 Å². The Balaban J connectivity index is 1.47. The highest BCUT2D eigenvalue weighted by Crippen LogP contribution is 2.23. The molecule has 1 aliphatic rings. The standard InChI is InChI=1S/C19H26N2OS/c1-14-8-10-23-19(14)15(2)20-11-18(22)13-21-9-7-16-5-3-4-6-17(16)12-21/h3-6,8,10,15,18,20,22H,7,9,11-13H2,1-2H3. The van der Waals surface area contributed by atoms with Crippen molar-refractivity contribution in [2.45, 2.75) is 39.0 Å². The monoisotopic (exact) mass is 330 g/mol. The van der Waals surface area contributed by atoms with Crippen molar-refractivity contribution >= 4 is 11.3 Å². The van der Waals surface area contributed by atoms with Crippen LogP contribution in [0.3, 0.4) is 0 Å². The SMILES string of the molecule is Cc1ccsc1C(C)NCC(O)CN1CCc2ccccc2C1. The van der Waals surface area contributed by atoms with Gasteiger partial charge in [0.05, 0.1) is 6.10 Å². The lowest BCUT2D eigenvalue weighted by Crippen LogP contribution is -2.41. The molecule has 0 bridgehead atoms. The molecule has 1 aliphatic heterocycles. The maximum atomic E-state index is 10.4. The minimum absolute atomic E-state index is 0.298. The number of aliphatic hydroxyl groups excluding tert-OH is 1. The fourth-order valence-electron chi connectivity index (χ4n) is 3.31. The van der Waals surface area contributed by atoms with E-state index in [9.17, 15) is 5.11 Å². The molecule has 2 heterocycles. The van der Waals surface area contributed by atoms with Crippen molar-refractivity contribution in [3.05, 3.63) is 57.3 Å².